The Bertz CT molecular complexity index is 438. The third-order valence-corrected chi connectivity index (χ3v) is 5.05. The monoisotopic (exact) mass is 292 g/mol. The molecule has 0 aliphatic heterocycles. The van der Waals surface area contributed by atoms with Crippen molar-refractivity contribution < 1.29 is 0 Å². The lowest BCUT2D eigenvalue weighted by Crippen LogP contribution is -2.24. The molecule has 1 aromatic rings. The lowest BCUT2D eigenvalue weighted by atomic mass is 9.76. The lowest BCUT2D eigenvalue weighted by Gasteiger charge is -2.30. The summed E-state index contributed by atoms with van der Waals surface area (Å²) in [4.78, 5) is 4.83. The van der Waals surface area contributed by atoms with Crippen molar-refractivity contribution in [3.63, 3.8) is 0 Å². The molecule has 1 atom stereocenters. The average molecular weight is 292 g/mol. The fraction of sp³-hybridized carbons (Fsp3) is 0.882. The molecule has 1 heterocycles. The summed E-state index contributed by atoms with van der Waals surface area (Å²) >= 11 is 0. The lowest BCUT2D eigenvalue weighted by molar-refractivity contribution is 0.213. The largest absolute Gasteiger partial charge is 0.330 e. The van der Waals surface area contributed by atoms with Gasteiger partial charge in [-0.15, -0.1) is 0 Å². The molecule has 4 nitrogen and oxygen atoms in total. The molecule has 0 amide bonds. The van der Waals surface area contributed by atoms with E-state index in [9.17, 15) is 0 Å². The van der Waals surface area contributed by atoms with Gasteiger partial charge >= 0.3 is 0 Å². The van der Waals surface area contributed by atoms with E-state index in [1.165, 1.54) is 25.7 Å². The zero-order valence-electron chi connectivity index (χ0n) is 14.2. The molecule has 4 heteroatoms. The van der Waals surface area contributed by atoms with E-state index >= 15 is 0 Å². The van der Waals surface area contributed by atoms with Crippen LogP contribution in [0.4, 0.5) is 0 Å². The number of nitrogens with zero attached hydrogens (tertiary/aromatic N) is 3. The Labute approximate surface area is 129 Å². The maximum atomic E-state index is 5.78. The maximum absolute atomic E-state index is 5.78. The van der Waals surface area contributed by atoms with Crippen molar-refractivity contribution in [2.45, 2.75) is 71.6 Å². The highest BCUT2D eigenvalue weighted by Gasteiger charge is 2.25. The summed E-state index contributed by atoms with van der Waals surface area (Å²) in [5, 5.41) is 4.66. The Balaban J connectivity index is 1.98. The highest BCUT2D eigenvalue weighted by Crippen LogP contribution is 2.34. The molecule has 1 aromatic heterocycles. The molecule has 0 radical (unpaired) electrons. The molecular formula is C17H32N4. The maximum Gasteiger partial charge on any atom is 0.154 e. The van der Waals surface area contributed by atoms with Gasteiger partial charge in [0.15, 0.2) is 5.82 Å². The summed E-state index contributed by atoms with van der Waals surface area (Å²) < 4.78 is 2.00. The van der Waals surface area contributed by atoms with Crippen molar-refractivity contribution >= 4 is 0 Å². The summed E-state index contributed by atoms with van der Waals surface area (Å²) in [6.07, 6.45) is 8.45. The fourth-order valence-electron chi connectivity index (χ4n) is 3.53. The summed E-state index contributed by atoms with van der Waals surface area (Å²) in [6.45, 7) is 7.71. The van der Waals surface area contributed by atoms with E-state index in [0.29, 0.717) is 17.3 Å². The van der Waals surface area contributed by atoms with Gasteiger partial charge in [0.2, 0.25) is 0 Å². The topological polar surface area (TPSA) is 56.7 Å². The van der Waals surface area contributed by atoms with Crippen LogP contribution in [0.3, 0.4) is 0 Å². The normalized spacial score (nSPS) is 18.3. The van der Waals surface area contributed by atoms with Crippen LogP contribution < -0.4 is 5.73 Å². The van der Waals surface area contributed by atoms with Crippen molar-refractivity contribution in [2.24, 2.45) is 24.1 Å². The van der Waals surface area contributed by atoms with E-state index in [-0.39, 0.29) is 0 Å². The Morgan fingerprint density at radius 2 is 1.90 bits per heavy atom. The Kier molecular flexibility index (Phi) is 5.42. The van der Waals surface area contributed by atoms with Crippen LogP contribution in [-0.2, 0) is 13.5 Å². The van der Waals surface area contributed by atoms with Crippen LogP contribution >= 0.6 is 0 Å². The summed E-state index contributed by atoms with van der Waals surface area (Å²) in [6, 6.07) is 0. The van der Waals surface area contributed by atoms with Crippen molar-refractivity contribution in [3.8, 4) is 0 Å². The minimum Gasteiger partial charge on any atom is -0.330 e. The van der Waals surface area contributed by atoms with Gasteiger partial charge in [0.25, 0.3) is 0 Å². The SMILES string of the molecule is Cn1nc(C2CCCC2)nc1CCC(CCN)C(C)(C)C. The number of rotatable bonds is 6. The second-order valence-electron chi connectivity index (χ2n) is 7.67. The molecule has 0 saturated heterocycles. The van der Waals surface area contributed by atoms with Gasteiger partial charge in [-0.3, -0.25) is 4.68 Å². The van der Waals surface area contributed by atoms with Crippen LogP contribution in [0, 0.1) is 11.3 Å². The predicted molar refractivity (Wildman–Crippen MR) is 87.1 cm³/mol. The van der Waals surface area contributed by atoms with Crippen LogP contribution in [0.2, 0.25) is 0 Å². The van der Waals surface area contributed by atoms with E-state index in [1.54, 1.807) is 0 Å². The first kappa shape index (κ1) is 16.5. The van der Waals surface area contributed by atoms with Crippen LogP contribution in [0.5, 0.6) is 0 Å². The van der Waals surface area contributed by atoms with Gasteiger partial charge in [0, 0.05) is 19.4 Å². The summed E-state index contributed by atoms with van der Waals surface area (Å²) in [5.41, 5.74) is 6.09. The zero-order chi connectivity index (χ0) is 15.5. The van der Waals surface area contributed by atoms with Crippen LogP contribution in [0.25, 0.3) is 0 Å². The Morgan fingerprint density at radius 3 is 2.48 bits per heavy atom. The molecule has 1 saturated carbocycles. The molecule has 120 valence electrons. The van der Waals surface area contributed by atoms with Crippen LogP contribution in [0.15, 0.2) is 0 Å². The molecule has 1 aliphatic rings. The van der Waals surface area contributed by atoms with Gasteiger partial charge in [-0.1, -0.05) is 33.6 Å². The van der Waals surface area contributed by atoms with Crippen molar-refractivity contribution in [1.29, 1.82) is 0 Å². The molecule has 2 rings (SSSR count). The average Bonchev–Trinajstić information content (AvgIpc) is 3.02. The molecule has 0 spiro atoms. The molecule has 2 N–H and O–H groups in total. The molecule has 1 unspecified atom stereocenters. The second kappa shape index (κ2) is 6.91. The third kappa shape index (κ3) is 4.29. The number of nitrogens with two attached hydrogens (primary N) is 1. The highest BCUT2D eigenvalue weighted by atomic mass is 15.3. The van der Waals surface area contributed by atoms with E-state index in [4.69, 9.17) is 10.7 Å². The number of aromatic nitrogens is 3. The fourth-order valence-corrected chi connectivity index (χ4v) is 3.53. The molecule has 1 fully saturated rings. The van der Waals surface area contributed by atoms with E-state index in [1.807, 2.05) is 11.7 Å². The quantitative estimate of drug-likeness (QED) is 0.874. The van der Waals surface area contributed by atoms with E-state index in [2.05, 4.69) is 25.9 Å². The Hall–Kier alpha value is -0.900. The molecule has 0 bridgehead atoms. The third-order valence-electron chi connectivity index (χ3n) is 5.05. The minimum atomic E-state index is 0.312. The van der Waals surface area contributed by atoms with E-state index in [0.717, 1.165) is 37.5 Å². The molecule has 1 aliphatic carbocycles. The summed E-state index contributed by atoms with van der Waals surface area (Å²) in [5.74, 6) is 3.47. The molecule has 0 aromatic carbocycles. The Morgan fingerprint density at radius 1 is 1.24 bits per heavy atom. The second-order valence-corrected chi connectivity index (χ2v) is 7.67. The first-order valence-corrected chi connectivity index (χ1v) is 8.51. The summed E-state index contributed by atoms with van der Waals surface area (Å²) in [7, 11) is 2.04. The van der Waals surface area contributed by atoms with Gasteiger partial charge in [0.05, 0.1) is 0 Å². The van der Waals surface area contributed by atoms with Crippen LogP contribution in [0.1, 0.15) is 76.9 Å². The van der Waals surface area contributed by atoms with Gasteiger partial charge < -0.3 is 5.73 Å². The highest BCUT2D eigenvalue weighted by molar-refractivity contribution is 5.01. The van der Waals surface area contributed by atoms with Crippen molar-refractivity contribution in [3.05, 3.63) is 11.6 Å². The van der Waals surface area contributed by atoms with Crippen molar-refractivity contribution in [2.75, 3.05) is 6.54 Å². The van der Waals surface area contributed by atoms with Crippen molar-refractivity contribution in [1.82, 2.24) is 14.8 Å². The van der Waals surface area contributed by atoms with Crippen LogP contribution in [-0.4, -0.2) is 21.3 Å². The molecule has 21 heavy (non-hydrogen) atoms. The number of aryl methyl sites for hydroxylation is 2. The first-order chi connectivity index (χ1) is 9.91. The molecular weight excluding hydrogens is 260 g/mol. The first-order valence-electron chi connectivity index (χ1n) is 8.51. The van der Waals surface area contributed by atoms with Gasteiger partial charge in [0.1, 0.15) is 5.82 Å². The number of hydrogen-bond donors (Lipinski definition) is 1. The van der Waals surface area contributed by atoms with Gasteiger partial charge in [-0.25, -0.2) is 4.98 Å². The van der Waals surface area contributed by atoms with Gasteiger partial charge in [-0.2, -0.15) is 5.10 Å². The standard InChI is InChI=1S/C17H32N4/c1-17(2,3)14(11-12-18)9-10-15-19-16(20-21(15)4)13-7-5-6-8-13/h13-14H,5-12,18H2,1-4H3. The van der Waals surface area contributed by atoms with Gasteiger partial charge in [-0.05, 0) is 43.6 Å². The van der Waals surface area contributed by atoms with E-state index < -0.39 is 0 Å². The minimum absolute atomic E-state index is 0.312. The predicted octanol–water partition coefficient (Wildman–Crippen LogP) is 3.42. The zero-order valence-corrected chi connectivity index (χ0v) is 14.2. The smallest absolute Gasteiger partial charge is 0.154 e. The number of hydrogen-bond acceptors (Lipinski definition) is 3.